The number of imide groups is 1. The second kappa shape index (κ2) is 3.85. The van der Waals surface area contributed by atoms with Crippen LogP contribution in [0.1, 0.15) is 27.1 Å². The van der Waals surface area contributed by atoms with Crippen LogP contribution in [0.5, 0.6) is 0 Å². The molecule has 88 valence electrons. The summed E-state index contributed by atoms with van der Waals surface area (Å²) in [5, 5.41) is 5.56. The third-order valence-electron chi connectivity index (χ3n) is 3.04. The summed E-state index contributed by atoms with van der Waals surface area (Å²) < 4.78 is 5.26. The summed E-state index contributed by atoms with van der Waals surface area (Å²) in [6.45, 7) is 1.45. The highest BCUT2D eigenvalue weighted by Crippen LogP contribution is 2.21. The lowest BCUT2D eigenvalue weighted by Crippen LogP contribution is -2.20. The molecule has 5 heteroatoms. The molecule has 0 radical (unpaired) electrons. The van der Waals surface area contributed by atoms with E-state index in [4.69, 9.17) is 4.74 Å². The molecule has 2 aliphatic rings. The number of benzene rings is 1. The van der Waals surface area contributed by atoms with E-state index >= 15 is 0 Å². The topological polar surface area (TPSA) is 67.4 Å². The van der Waals surface area contributed by atoms with E-state index in [1.54, 1.807) is 12.1 Å². The Balaban J connectivity index is 1.85. The highest BCUT2D eigenvalue weighted by atomic mass is 16.5. The molecule has 1 atom stereocenters. The van der Waals surface area contributed by atoms with Gasteiger partial charge in [0.05, 0.1) is 23.8 Å². The van der Waals surface area contributed by atoms with Crippen LogP contribution >= 0.6 is 0 Å². The molecule has 5 nitrogen and oxygen atoms in total. The molecule has 2 heterocycles. The highest BCUT2D eigenvalue weighted by molar-refractivity contribution is 6.21. The number of carbonyl (C=O) groups is 2. The highest BCUT2D eigenvalue weighted by Gasteiger charge is 2.27. The van der Waals surface area contributed by atoms with E-state index in [1.807, 2.05) is 6.07 Å². The second-order valence-electron chi connectivity index (χ2n) is 4.25. The first kappa shape index (κ1) is 10.3. The van der Waals surface area contributed by atoms with Gasteiger partial charge in [-0.15, -0.1) is 0 Å². The van der Waals surface area contributed by atoms with E-state index in [2.05, 4.69) is 10.6 Å². The molecule has 1 unspecified atom stereocenters. The first-order valence-electron chi connectivity index (χ1n) is 5.58. The first-order valence-corrected chi connectivity index (χ1v) is 5.58. The Hall–Kier alpha value is -1.88. The number of ether oxygens (including phenoxy) is 1. The molecule has 0 spiro atoms. The van der Waals surface area contributed by atoms with E-state index in [9.17, 15) is 9.59 Å². The molecule has 0 bridgehead atoms. The first-order chi connectivity index (χ1) is 8.24. The number of hydrogen-bond donors (Lipinski definition) is 2. The fourth-order valence-corrected chi connectivity index (χ4v) is 2.14. The number of nitrogens with one attached hydrogen (secondary N) is 2. The van der Waals surface area contributed by atoms with Crippen LogP contribution in [0.2, 0.25) is 0 Å². The summed E-state index contributed by atoms with van der Waals surface area (Å²) in [5.74, 6) is -0.642. The molecule has 2 aliphatic heterocycles. The Morgan fingerprint density at radius 3 is 2.82 bits per heavy atom. The van der Waals surface area contributed by atoms with Crippen LogP contribution < -0.4 is 10.6 Å². The zero-order valence-corrected chi connectivity index (χ0v) is 9.16. The lowest BCUT2D eigenvalue weighted by molar-refractivity contribution is 0.0879. The maximum Gasteiger partial charge on any atom is 0.259 e. The number of amides is 2. The molecule has 1 aromatic rings. The largest absolute Gasteiger partial charge is 0.380 e. The lowest BCUT2D eigenvalue weighted by Gasteiger charge is -2.12. The molecule has 1 aromatic carbocycles. The normalized spacial score (nSPS) is 22.5. The van der Waals surface area contributed by atoms with Gasteiger partial charge in [0.1, 0.15) is 0 Å². The van der Waals surface area contributed by atoms with Crippen molar-refractivity contribution in [3.63, 3.8) is 0 Å². The Morgan fingerprint density at radius 1 is 1.24 bits per heavy atom. The molecule has 1 fully saturated rings. The summed E-state index contributed by atoms with van der Waals surface area (Å²) in [6, 6.07) is 5.49. The summed E-state index contributed by atoms with van der Waals surface area (Å²) in [4.78, 5) is 22.8. The van der Waals surface area contributed by atoms with Gasteiger partial charge in [0, 0.05) is 12.3 Å². The zero-order valence-electron chi connectivity index (χ0n) is 9.16. The van der Waals surface area contributed by atoms with Crippen molar-refractivity contribution >= 4 is 17.5 Å². The number of carbonyl (C=O) groups excluding carboxylic acids is 2. The number of rotatable bonds is 2. The van der Waals surface area contributed by atoms with E-state index in [0.717, 1.165) is 18.7 Å². The summed E-state index contributed by atoms with van der Waals surface area (Å²) in [7, 11) is 0. The fourth-order valence-electron chi connectivity index (χ4n) is 2.14. The Morgan fingerprint density at radius 2 is 2.06 bits per heavy atom. The van der Waals surface area contributed by atoms with Crippen LogP contribution in [0, 0.1) is 0 Å². The van der Waals surface area contributed by atoms with Gasteiger partial charge in [0.25, 0.3) is 11.8 Å². The summed E-state index contributed by atoms with van der Waals surface area (Å²) >= 11 is 0. The van der Waals surface area contributed by atoms with Gasteiger partial charge in [-0.05, 0) is 24.6 Å². The fraction of sp³-hybridized carbons (Fsp3) is 0.333. The van der Waals surface area contributed by atoms with Crippen molar-refractivity contribution in [2.75, 3.05) is 18.5 Å². The van der Waals surface area contributed by atoms with Crippen LogP contribution in [0.25, 0.3) is 0 Å². The number of hydrogen-bond acceptors (Lipinski definition) is 4. The maximum absolute atomic E-state index is 11.5. The molecule has 0 aromatic heterocycles. The minimum atomic E-state index is -0.323. The SMILES string of the molecule is O=C1NC(=O)c2cc(NC3CCOC3)ccc21. The molecular formula is C12H12N2O3. The molecule has 2 N–H and O–H groups in total. The minimum Gasteiger partial charge on any atom is -0.380 e. The van der Waals surface area contributed by atoms with Crippen LogP contribution in [0.4, 0.5) is 5.69 Å². The lowest BCUT2D eigenvalue weighted by atomic mass is 10.1. The van der Waals surface area contributed by atoms with E-state index in [0.29, 0.717) is 17.7 Å². The van der Waals surface area contributed by atoms with Gasteiger partial charge in [-0.3, -0.25) is 14.9 Å². The third kappa shape index (κ3) is 1.78. The maximum atomic E-state index is 11.5. The van der Waals surface area contributed by atoms with Gasteiger partial charge in [0.2, 0.25) is 0 Å². The van der Waals surface area contributed by atoms with Gasteiger partial charge in [-0.1, -0.05) is 0 Å². The molecule has 17 heavy (non-hydrogen) atoms. The van der Waals surface area contributed by atoms with Gasteiger partial charge >= 0.3 is 0 Å². The van der Waals surface area contributed by atoms with Crippen LogP contribution in [0.3, 0.4) is 0 Å². The van der Waals surface area contributed by atoms with Crippen LogP contribution in [-0.4, -0.2) is 31.1 Å². The molecule has 1 saturated heterocycles. The minimum absolute atomic E-state index is 0.285. The third-order valence-corrected chi connectivity index (χ3v) is 3.04. The van der Waals surface area contributed by atoms with E-state index in [1.165, 1.54) is 0 Å². The Kier molecular flexibility index (Phi) is 2.33. The van der Waals surface area contributed by atoms with Crippen molar-refractivity contribution in [3.8, 4) is 0 Å². The average molecular weight is 232 g/mol. The Bertz CT molecular complexity index is 493. The van der Waals surface area contributed by atoms with Crippen molar-refractivity contribution in [2.24, 2.45) is 0 Å². The number of fused-ring (bicyclic) bond motifs is 1. The molecule has 0 saturated carbocycles. The van der Waals surface area contributed by atoms with Crippen molar-refractivity contribution in [1.82, 2.24) is 5.32 Å². The van der Waals surface area contributed by atoms with Crippen molar-refractivity contribution in [1.29, 1.82) is 0 Å². The molecule has 2 amide bonds. The standard InChI is InChI=1S/C12H12N2O3/c15-11-9-2-1-7(5-10(9)12(16)14-11)13-8-3-4-17-6-8/h1-2,5,8,13H,3-4,6H2,(H,14,15,16). The molecule has 3 rings (SSSR count). The Labute approximate surface area is 98.1 Å². The molecular weight excluding hydrogens is 220 g/mol. The monoisotopic (exact) mass is 232 g/mol. The van der Waals surface area contributed by atoms with E-state index < -0.39 is 0 Å². The second-order valence-corrected chi connectivity index (χ2v) is 4.25. The van der Waals surface area contributed by atoms with Gasteiger partial charge in [0.15, 0.2) is 0 Å². The van der Waals surface area contributed by atoms with Gasteiger partial charge in [-0.25, -0.2) is 0 Å². The molecule has 0 aliphatic carbocycles. The van der Waals surface area contributed by atoms with Gasteiger partial charge in [-0.2, -0.15) is 0 Å². The van der Waals surface area contributed by atoms with Crippen molar-refractivity contribution in [2.45, 2.75) is 12.5 Å². The van der Waals surface area contributed by atoms with Crippen molar-refractivity contribution in [3.05, 3.63) is 29.3 Å². The predicted molar refractivity (Wildman–Crippen MR) is 61.1 cm³/mol. The van der Waals surface area contributed by atoms with E-state index in [-0.39, 0.29) is 17.9 Å². The van der Waals surface area contributed by atoms with Gasteiger partial charge < -0.3 is 10.1 Å². The van der Waals surface area contributed by atoms with Crippen molar-refractivity contribution < 1.29 is 14.3 Å². The average Bonchev–Trinajstić information content (AvgIpc) is 2.89. The summed E-state index contributed by atoms with van der Waals surface area (Å²) in [6.07, 6.45) is 0.961. The van der Waals surface area contributed by atoms with Crippen LogP contribution in [0.15, 0.2) is 18.2 Å². The smallest absolute Gasteiger partial charge is 0.259 e. The predicted octanol–water partition coefficient (Wildman–Crippen LogP) is 0.771. The number of anilines is 1. The summed E-state index contributed by atoms with van der Waals surface area (Å²) in [5.41, 5.74) is 1.74. The van der Waals surface area contributed by atoms with Crippen LogP contribution in [-0.2, 0) is 4.74 Å². The quantitative estimate of drug-likeness (QED) is 0.739. The zero-order chi connectivity index (χ0) is 11.8.